The fourth-order valence-electron chi connectivity index (χ4n) is 10.5. The number of ether oxygens (including phenoxy) is 2. The molecule has 16 nitrogen and oxygen atoms in total. The Hall–Kier alpha value is -8.12. The highest BCUT2D eigenvalue weighted by atomic mass is 32.2. The highest BCUT2D eigenvalue weighted by Gasteiger charge is 2.47. The monoisotopic (exact) mass is 1130 g/mol. The third-order valence-corrected chi connectivity index (χ3v) is 16.2. The van der Waals surface area contributed by atoms with E-state index >= 15 is 14.4 Å². The van der Waals surface area contributed by atoms with Crippen molar-refractivity contribution in [2.75, 3.05) is 32.5 Å². The highest BCUT2D eigenvalue weighted by Crippen LogP contribution is 2.49. The van der Waals surface area contributed by atoms with Crippen LogP contribution < -0.4 is 32.3 Å². The summed E-state index contributed by atoms with van der Waals surface area (Å²) in [6, 6.07) is 52.2. The minimum Gasteiger partial charge on any atom is -0.467 e. The van der Waals surface area contributed by atoms with Crippen LogP contribution in [0.2, 0.25) is 0 Å². The number of carbonyl (C=O) groups excluding carboxylic acids is 7. The van der Waals surface area contributed by atoms with E-state index in [9.17, 15) is 19.2 Å². The van der Waals surface area contributed by atoms with Gasteiger partial charge in [-0.15, -0.1) is 11.8 Å². The summed E-state index contributed by atoms with van der Waals surface area (Å²) in [5.41, 5.74) is 8.33. The lowest BCUT2D eigenvalue weighted by Crippen LogP contribution is -2.59. The zero-order chi connectivity index (χ0) is 58.9. The number of methoxy groups -OCH3 is 1. The van der Waals surface area contributed by atoms with Gasteiger partial charge in [0.25, 0.3) is 0 Å². The van der Waals surface area contributed by atoms with Gasteiger partial charge in [0.1, 0.15) is 29.7 Å². The van der Waals surface area contributed by atoms with Gasteiger partial charge in [-0.05, 0) is 60.1 Å². The lowest BCUT2D eigenvalue weighted by atomic mass is 9.77. The smallest absolute Gasteiger partial charge is 0.328 e. The number of carbonyl (C=O) groups is 7. The predicted molar refractivity (Wildman–Crippen MR) is 318 cm³/mol. The number of benzene rings is 6. The van der Waals surface area contributed by atoms with Crippen molar-refractivity contribution in [3.63, 3.8) is 0 Å². The molecular formula is C65H75N7O9S. The van der Waals surface area contributed by atoms with Crippen LogP contribution in [-0.2, 0) is 53.3 Å². The van der Waals surface area contributed by atoms with Crippen molar-refractivity contribution in [2.45, 2.75) is 100 Å². The molecule has 6 amide bonds. The summed E-state index contributed by atoms with van der Waals surface area (Å²) >= 11 is 1.37. The molecule has 6 atom stereocenters. The molecule has 82 heavy (non-hydrogen) atoms. The summed E-state index contributed by atoms with van der Waals surface area (Å²) in [6.07, 6.45) is -0.654. The quantitative estimate of drug-likeness (QED) is 0.0260. The van der Waals surface area contributed by atoms with E-state index < -0.39 is 101 Å². The Balaban J connectivity index is 1.32. The van der Waals surface area contributed by atoms with Crippen LogP contribution in [0, 0.1) is 5.92 Å². The van der Waals surface area contributed by atoms with Gasteiger partial charge < -0.3 is 46.7 Å². The molecule has 0 saturated carbocycles. The van der Waals surface area contributed by atoms with Gasteiger partial charge in [0, 0.05) is 18.7 Å². The molecule has 0 radical (unpaired) electrons. The second-order valence-corrected chi connectivity index (χ2v) is 22.6. The highest BCUT2D eigenvalue weighted by molar-refractivity contribution is 8.00. The number of nitrogens with one attached hydrogen (secondary N) is 5. The molecule has 1 aliphatic heterocycles. The lowest BCUT2D eigenvalue weighted by Gasteiger charge is -2.38. The average Bonchev–Trinajstić information content (AvgIpc) is 4.07. The van der Waals surface area contributed by atoms with Crippen LogP contribution >= 0.6 is 11.8 Å². The van der Waals surface area contributed by atoms with Crippen molar-refractivity contribution < 1.29 is 43.0 Å². The molecule has 6 aromatic rings. The summed E-state index contributed by atoms with van der Waals surface area (Å²) in [5, 5.41) is 14.4. The van der Waals surface area contributed by atoms with Crippen LogP contribution in [-0.4, -0.2) is 115 Å². The Morgan fingerprint density at radius 1 is 0.610 bits per heavy atom. The Labute approximate surface area is 485 Å². The van der Waals surface area contributed by atoms with E-state index in [0.29, 0.717) is 23.1 Å². The van der Waals surface area contributed by atoms with Gasteiger partial charge in [-0.3, -0.25) is 28.8 Å². The molecule has 0 spiro atoms. The first-order chi connectivity index (χ1) is 39.4. The number of hydrogen-bond acceptors (Lipinski definition) is 11. The molecule has 430 valence electrons. The number of thioether (sulfide) groups is 1. The second-order valence-electron chi connectivity index (χ2n) is 21.3. The summed E-state index contributed by atoms with van der Waals surface area (Å²) in [7, 11) is 1.22. The van der Waals surface area contributed by atoms with Gasteiger partial charge in [0.2, 0.25) is 35.4 Å². The largest absolute Gasteiger partial charge is 0.467 e. The second kappa shape index (κ2) is 28.5. The van der Waals surface area contributed by atoms with Gasteiger partial charge in [0.15, 0.2) is 0 Å². The number of hydrogen-bond donors (Lipinski definition) is 6. The van der Waals surface area contributed by atoms with Crippen molar-refractivity contribution in [2.24, 2.45) is 11.7 Å². The lowest BCUT2D eigenvalue weighted by molar-refractivity contribution is -0.152. The van der Waals surface area contributed by atoms with E-state index in [1.165, 1.54) is 23.8 Å². The molecule has 1 aliphatic rings. The van der Waals surface area contributed by atoms with Gasteiger partial charge >= 0.3 is 5.97 Å². The minimum absolute atomic E-state index is 0.0708. The molecule has 0 unspecified atom stereocenters. The topological polar surface area (TPSA) is 227 Å². The molecule has 0 aromatic heterocycles. The van der Waals surface area contributed by atoms with E-state index in [1.807, 2.05) is 210 Å². The molecule has 7 rings (SSSR count). The van der Waals surface area contributed by atoms with Crippen LogP contribution in [0.5, 0.6) is 0 Å². The molecule has 7 N–H and O–H groups in total. The van der Waals surface area contributed by atoms with Crippen molar-refractivity contribution >= 4 is 53.2 Å². The fourth-order valence-corrected chi connectivity index (χ4v) is 12.1. The molecular weight excluding hydrogens is 1050 g/mol. The van der Waals surface area contributed by atoms with Crippen LogP contribution in [0.4, 0.5) is 0 Å². The van der Waals surface area contributed by atoms with Crippen molar-refractivity contribution in [3.05, 3.63) is 215 Å². The Bertz CT molecular complexity index is 2890. The summed E-state index contributed by atoms with van der Waals surface area (Å²) in [6.45, 7) is 8.21. The molecule has 0 aliphatic carbocycles. The maximum Gasteiger partial charge on any atom is 0.328 e. The van der Waals surface area contributed by atoms with Crippen LogP contribution in [0.15, 0.2) is 182 Å². The number of esters is 1. The average molecular weight is 1130 g/mol. The number of amides is 6. The first-order valence-corrected chi connectivity index (χ1v) is 28.6. The van der Waals surface area contributed by atoms with Crippen molar-refractivity contribution in [1.82, 2.24) is 31.5 Å². The standard InChI is InChI=1S/C65H75N7O9S/c1-7-44(2)58(70-56(74)40-66)60(77)67-41-57(75)68-53(43-82-65(48-32-20-11-21-33-48,49-34-22-12-23-35-49)50-36-24-13-25-37-50)59(76)69-52(61(78)72-42-51(81-63(3,4)5)38-54(72)62(79)80-6)39-55(73)71-64(45-26-14-8-15-27-45,46-28-16-9-17-29-46)47-30-18-10-19-31-47/h8-37,44,51-54,58H,7,38-43,66H2,1-6H3,(H,67,77)(H,68,75)(H,69,76)(H,70,74)(H,71,73)/t44-,51+,52-,53-,54-,58-/m0/s1. The Morgan fingerprint density at radius 2 is 1.06 bits per heavy atom. The van der Waals surface area contributed by atoms with Crippen LogP contribution in [0.1, 0.15) is 87.3 Å². The first-order valence-electron chi connectivity index (χ1n) is 27.6. The van der Waals surface area contributed by atoms with Gasteiger partial charge in [0.05, 0.1) is 43.1 Å². The normalized spacial score (nSPS) is 15.9. The van der Waals surface area contributed by atoms with Gasteiger partial charge in [-0.1, -0.05) is 202 Å². The Kier molecular flexibility index (Phi) is 21.4. The molecule has 1 saturated heterocycles. The Morgan fingerprint density at radius 3 is 1.48 bits per heavy atom. The third-order valence-electron chi connectivity index (χ3n) is 14.6. The first kappa shape index (κ1) is 61.5. The van der Waals surface area contributed by atoms with Gasteiger partial charge in [-0.25, -0.2) is 4.79 Å². The number of nitrogens with zero attached hydrogens (tertiary/aromatic N) is 1. The van der Waals surface area contributed by atoms with E-state index in [2.05, 4.69) is 26.6 Å². The zero-order valence-electron chi connectivity index (χ0n) is 47.3. The zero-order valence-corrected chi connectivity index (χ0v) is 48.2. The van der Waals surface area contributed by atoms with E-state index in [1.54, 1.807) is 6.92 Å². The minimum atomic E-state index is -1.65. The van der Waals surface area contributed by atoms with E-state index in [0.717, 1.165) is 16.7 Å². The molecule has 6 aromatic carbocycles. The van der Waals surface area contributed by atoms with Crippen LogP contribution in [0.25, 0.3) is 0 Å². The van der Waals surface area contributed by atoms with E-state index in [4.69, 9.17) is 15.2 Å². The number of rotatable bonds is 25. The number of likely N-dealkylation sites (tertiary alicyclic amines) is 1. The maximum absolute atomic E-state index is 15.6. The number of nitrogens with two attached hydrogens (primary N) is 1. The molecule has 1 fully saturated rings. The van der Waals surface area contributed by atoms with Gasteiger partial charge in [-0.2, -0.15) is 0 Å². The molecule has 0 bridgehead atoms. The fraction of sp³-hybridized carbons (Fsp3) is 0.338. The van der Waals surface area contributed by atoms with Crippen molar-refractivity contribution in [3.8, 4) is 0 Å². The summed E-state index contributed by atoms with van der Waals surface area (Å²) < 4.78 is 10.6. The van der Waals surface area contributed by atoms with E-state index in [-0.39, 0.29) is 31.2 Å². The predicted octanol–water partition coefficient (Wildman–Crippen LogP) is 6.74. The SMILES string of the molecule is CC[C@H](C)[C@H](NC(=O)CN)C(=O)NCC(=O)N[C@@H](CSC(c1ccccc1)(c1ccccc1)c1ccccc1)C(=O)N[C@@H](CC(=O)NC(c1ccccc1)(c1ccccc1)c1ccccc1)C(=O)N1C[C@H](OC(C)(C)C)C[C@H]1C(=O)OC. The summed E-state index contributed by atoms with van der Waals surface area (Å²) in [4.78, 5) is 102. The third kappa shape index (κ3) is 15.1. The maximum atomic E-state index is 15.6. The van der Waals surface area contributed by atoms with Crippen molar-refractivity contribution in [1.29, 1.82) is 0 Å². The molecule has 1 heterocycles. The summed E-state index contributed by atoms with van der Waals surface area (Å²) in [5.74, 6) is -5.37. The van der Waals surface area contributed by atoms with Crippen LogP contribution in [0.3, 0.4) is 0 Å². The molecule has 17 heteroatoms.